The molecule has 0 aliphatic carbocycles. The third-order valence-electron chi connectivity index (χ3n) is 3.36. The number of aromatic amines is 1. The molecule has 0 bridgehead atoms. The first-order chi connectivity index (χ1) is 10.3. The Labute approximate surface area is 132 Å². The number of H-pyrrole nitrogens is 1. The van der Waals surface area contributed by atoms with Crippen molar-refractivity contribution in [1.82, 2.24) is 19.1 Å². The first kappa shape index (κ1) is 16.8. The largest absolute Gasteiger partial charge is 0.393 e. The second-order valence-corrected chi connectivity index (χ2v) is 6.87. The number of aryl methyl sites for hydroxylation is 2. The van der Waals surface area contributed by atoms with E-state index in [4.69, 9.17) is 0 Å². The van der Waals surface area contributed by atoms with Gasteiger partial charge in [0.25, 0.3) is 5.56 Å². The topological polar surface area (TPSA) is 92.9 Å². The highest BCUT2D eigenvalue weighted by molar-refractivity contribution is 7.99. The monoisotopic (exact) mass is 326 g/mol. The lowest BCUT2D eigenvalue weighted by molar-refractivity contribution is 0.220. The molecule has 7 nitrogen and oxygen atoms in total. The van der Waals surface area contributed by atoms with E-state index in [9.17, 15) is 14.7 Å². The maximum Gasteiger partial charge on any atom is 0.329 e. The van der Waals surface area contributed by atoms with Crippen molar-refractivity contribution in [2.45, 2.75) is 45.0 Å². The zero-order chi connectivity index (χ0) is 16.4. The van der Waals surface area contributed by atoms with Crippen LogP contribution in [-0.4, -0.2) is 36.1 Å². The standard InChI is InChI=1S/C14H22N4O3S/c1-8(2)5-6-18-10-11(15-14(18)22-7-9(3)19)17(4)13(21)16-12(10)20/h8-9,19H,5-7H2,1-4H3,(H,16,20,21)/t9-/m1/s1. The summed E-state index contributed by atoms with van der Waals surface area (Å²) in [5, 5.41) is 10.1. The molecular weight excluding hydrogens is 304 g/mol. The van der Waals surface area contributed by atoms with Crippen LogP contribution in [0.25, 0.3) is 11.2 Å². The van der Waals surface area contributed by atoms with Crippen LogP contribution in [0.4, 0.5) is 0 Å². The molecule has 2 heterocycles. The number of aliphatic hydroxyl groups is 1. The summed E-state index contributed by atoms with van der Waals surface area (Å²) in [4.78, 5) is 30.7. The van der Waals surface area contributed by atoms with Crippen molar-refractivity contribution in [2.75, 3.05) is 5.75 Å². The predicted molar refractivity (Wildman–Crippen MR) is 87.5 cm³/mol. The smallest absolute Gasteiger partial charge is 0.329 e. The molecule has 1 atom stereocenters. The van der Waals surface area contributed by atoms with Crippen LogP contribution in [0, 0.1) is 5.92 Å². The van der Waals surface area contributed by atoms with E-state index < -0.39 is 17.4 Å². The summed E-state index contributed by atoms with van der Waals surface area (Å²) in [6.45, 7) is 6.58. The summed E-state index contributed by atoms with van der Waals surface area (Å²) in [6, 6.07) is 0. The van der Waals surface area contributed by atoms with Crippen LogP contribution in [0.3, 0.4) is 0 Å². The van der Waals surface area contributed by atoms with Crippen molar-refractivity contribution in [3.8, 4) is 0 Å². The number of fused-ring (bicyclic) bond motifs is 1. The fourth-order valence-electron chi connectivity index (χ4n) is 2.11. The van der Waals surface area contributed by atoms with Crippen molar-refractivity contribution in [3.63, 3.8) is 0 Å². The number of hydrogen-bond acceptors (Lipinski definition) is 5. The molecule has 22 heavy (non-hydrogen) atoms. The van der Waals surface area contributed by atoms with Crippen molar-refractivity contribution >= 4 is 22.9 Å². The van der Waals surface area contributed by atoms with Gasteiger partial charge in [0.05, 0.1) is 6.10 Å². The fourth-order valence-corrected chi connectivity index (χ4v) is 2.99. The number of aliphatic hydroxyl groups excluding tert-OH is 1. The van der Waals surface area contributed by atoms with E-state index in [1.165, 1.54) is 16.3 Å². The second kappa shape index (κ2) is 6.70. The van der Waals surface area contributed by atoms with Gasteiger partial charge in [-0.1, -0.05) is 25.6 Å². The lowest BCUT2D eigenvalue weighted by Gasteiger charge is -2.10. The van der Waals surface area contributed by atoms with E-state index in [0.717, 1.165) is 6.42 Å². The van der Waals surface area contributed by atoms with E-state index in [0.29, 0.717) is 34.5 Å². The SMILES string of the molecule is CC(C)CCn1c(SC[C@@H](C)O)nc2c1c(=O)[nH]c(=O)n2C. The number of nitrogens with zero attached hydrogens (tertiary/aromatic N) is 3. The van der Waals surface area contributed by atoms with Gasteiger partial charge in [0.2, 0.25) is 0 Å². The second-order valence-electron chi connectivity index (χ2n) is 5.88. The number of nitrogens with one attached hydrogen (secondary N) is 1. The lowest BCUT2D eigenvalue weighted by Crippen LogP contribution is -2.29. The fraction of sp³-hybridized carbons (Fsp3) is 0.643. The Kier molecular flexibility index (Phi) is 5.12. The summed E-state index contributed by atoms with van der Waals surface area (Å²) in [6.07, 6.45) is 0.432. The summed E-state index contributed by atoms with van der Waals surface area (Å²) >= 11 is 1.39. The molecule has 2 aromatic rings. The van der Waals surface area contributed by atoms with Crippen LogP contribution in [0.2, 0.25) is 0 Å². The molecule has 0 saturated carbocycles. The van der Waals surface area contributed by atoms with Gasteiger partial charge in [0.15, 0.2) is 16.3 Å². The van der Waals surface area contributed by atoms with Crippen LogP contribution in [0.15, 0.2) is 14.7 Å². The first-order valence-electron chi connectivity index (χ1n) is 7.31. The number of hydrogen-bond donors (Lipinski definition) is 2. The third kappa shape index (κ3) is 3.44. The molecule has 8 heteroatoms. The van der Waals surface area contributed by atoms with Crippen LogP contribution in [-0.2, 0) is 13.6 Å². The molecule has 0 fully saturated rings. The molecule has 0 spiro atoms. The molecule has 2 aromatic heterocycles. The van der Waals surface area contributed by atoms with E-state index in [1.807, 2.05) is 4.57 Å². The maximum atomic E-state index is 12.2. The highest BCUT2D eigenvalue weighted by atomic mass is 32.2. The van der Waals surface area contributed by atoms with E-state index in [-0.39, 0.29) is 0 Å². The molecular formula is C14H22N4O3S. The average Bonchev–Trinajstić information content (AvgIpc) is 2.79. The highest BCUT2D eigenvalue weighted by Gasteiger charge is 2.18. The third-order valence-corrected chi connectivity index (χ3v) is 4.57. The molecule has 0 aliphatic heterocycles. The summed E-state index contributed by atoms with van der Waals surface area (Å²) in [7, 11) is 1.59. The first-order valence-corrected chi connectivity index (χ1v) is 8.30. The maximum absolute atomic E-state index is 12.2. The number of imidazole rings is 1. The zero-order valence-electron chi connectivity index (χ0n) is 13.3. The van der Waals surface area contributed by atoms with Crippen LogP contribution in [0.5, 0.6) is 0 Å². The summed E-state index contributed by atoms with van der Waals surface area (Å²) in [5.41, 5.74) is -0.0993. The Hall–Kier alpha value is -1.54. The van der Waals surface area contributed by atoms with Crippen molar-refractivity contribution in [3.05, 3.63) is 20.8 Å². The van der Waals surface area contributed by atoms with Gasteiger partial charge in [-0.3, -0.25) is 14.3 Å². The molecule has 2 rings (SSSR count). The molecule has 2 N–H and O–H groups in total. The molecule has 0 amide bonds. The highest BCUT2D eigenvalue weighted by Crippen LogP contribution is 2.23. The van der Waals surface area contributed by atoms with Crippen LogP contribution in [0.1, 0.15) is 27.2 Å². The normalized spacial score (nSPS) is 13.2. The Morgan fingerprint density at radius 2 is 2.00 bits per heavy atom. The molecule has 0 unspecified atom stereocenters. The van der Waals surface area contributed by atoms with Crippen molar-refractivity contribution in [1.29, 1.82) is 0 Å². The molecule has 0 aliphatic rings. The van der Waals surface area contributed by atoms with Gasteiger partial charge in [0, 0.05) is 19.3 Å². The Morgan fingerprint density at radius 1 is 1.32 bits per heavy atom. The predicted octanol–water partition coefficient (Wildman–Crippen LogP) is 0.942. The quantitative estimate of drug-likeness (QED) is 0.771. The number of thioether (sulfide) groups is 1. The molecule has 122 valence electrons. The van der Waals surface area contributed by atoms with Crippen LogP contribution >= 0.6 is 11.8 Å². The average molecular weight is 326 g/mol. The Balaban J connectivity index is 2.58. The van der Waals surface area contributed by atoms with E-state index in [2.05, 4.69) is 23.8 Å². The number of rotatable bonds is 6. The molecule has 0 radical (unpaired) electrons. The van der Waals surface area contributed by atoms with Gasteiger partial charge in [-0.2, -0.15) is 0 Å². The minimum absolute atomic E-state index is 0.380. The van der Waals surface area contributed by atoms with Gasteiger partial charge in [-0.15, -0.1) is 0 Å². The van der Waals surface area contributed by atoms with Gasteiger partial charge in [-0.25, -0.2) is 9.78 Å². The molecule has 0 aromatic carbocycles. The van der Waals surface area contributed by atoms with Crippen molar-refractivity contribution < 1.29 is 5.11 Å². The summed E-state index contributed by atoms with van der Waals surface area (Å²) < 4.78 is 3.19. The van der Waals surface area contributed by atoms with Gasteiger partial charge in [-0.05, 0) is 19.3 Å². The van der Waals surface area contributed by atoms with Crippen LogP contribution < -0.4 is 11.2 Å². The summed E-state index contributed by atoms with van der Waals surface area (Å²) in [5.74, 6) is 0.968. The lowest BCUT2D eigenvalue weighted by atomic mass is 10.1. The minimum Gasteiger partial charge on any atom is -0.393 e. The van der Waals surface area contributed by atoms with Gasteiger partial charge < -0.3 is 9.67 Å². The van der Waals surface area contributed by atoms with E-state index >= 15 is 0 Å². The zero-order valence-corrected chi connectivity index (χ0v) is 14.1. The Bertz CT molecular complexity index is 773. The van der Waals surface area contributed by atoms with E-state index in [1.54, 1.807) is 14.0 Å². The minimum atomic E-state index is -0.474. The van der Waals surface area contributed by atoms with Gasteiger partial charge in [0.1, 0.15) is 0 Å². The molecule has 0 saturated heterocycles. The van der Waals surface area contributed by atoms with Gasteiger partial charge >= 0.3 is 5.69 Å². The Morgan fingerprint density at radius 3 is 2.59 bits per heavy atom. The number of aromatic nitrogens is 4. The van der Waals surface area contributed by atoms with Crippen molar-refractivity contribution in [2.24, 2.45) is 13.0 Å².